The largest absolute Gasteiger partial charge is 0.387 e. The lowest BCUT2D eigenvalue weighted by Crippen LogP contribution is -2.31. The van der Waals surface area contributed by atoms with E-state index in [1.54, 1.807) is 6.20 Å². The van der Waals surface area contributed by atoms with Gasteiger partial charge in [-0.1, -0.05) is 30.3 Å². The lowest BCUT2D eigenvalue weighted by atomic mass is 10.1. The lowest BCUT2D eigenvalue weighted by Gasteiger charge is -2.26. The van der Waals surface area contributed by atoms with Gasteiger partial charge in [-0.3, -0.25) is 0 Å². The van der Waals surface area contributed by atoms with Crippen molar-refractivity contribution in [2.24, 2.45) is 0 Å². The predicted molar refractivity (Wildman–Crippen MR) is 78.5 cm³/mol. The molecule has 1 aromatic heterocycles. The second-order valence-corrected chi connectivity index (χ2v) is 5.27. The number of hydrogen-bond acceptors (Lipinski definition) is 4. The first-order chi connectivity index (χ1) is 9.74. The van der Waals surface area contributed by atoms with E-state index >= 15 is 0 Å². The minimum absolute atomic E-state index is 0.493. The molecule has 1 aliphatic carbocycles. The maximum absolute atomic E-state index is 10.4. The average Bonchev–Trinajstić information content (AvgIpc) is 3.30. The Labute approximate surface area is 119 Å². The third kappa shape index (κ3) is 2.96. The van der Waals surface area contributed by atoms with Crippen LogP contribution in [0.5, 0.6) is 0 Å². The summed E-state index contributed by atoms with van der Waals surface area (Å²) in [5, 5.41) is 10.4. The van der Waals surface area contributed by atoms with Crippen molar-refractivity contribution in [1.82, 2.24) is 9.97 Å². The molecule has 1 saturated carbocycles. The van der Waals surface area contributed by atoms with Gasteiger partial charge in [-0.05, 0) is 31.4 Å². The maximum Gasteiger partial charge on any atom is 0.132 e. The van der Waals surface area contributed by atoms with Crippen LogP contribution in [0.15, 0.2) is 42.6 Å². The summed E-state index contributed by atoms with van der Waals surface area (Å²) in [6.07, 6.45) is 3.63. The van der Waals surface area contributed by atoms with Crippen LogP contribution in [0.4, 0.5) is 5.82 Å². The van der Waals surface area contributed by atoms with Crippen molar-refractivity contribution >= 4 is 5.82 Å². The molecule has 1 aromatic carbocycles. The number of rotatable bonds is 5. The molecule has 1 aliphatic rings. The van der Waals surface area contributed by atoms with Crippen molar-refractivity contribution < 1.29 is 5.11 Å². The molecule has 0 spiro atoms. The fraction of sp³-hybridized carbons (Fsp3) is 0.375. The second-order valence-electron chi connectivity index (χ2n) is 5.27. The van der Waals surface area contributed by atoms with Gasteiger partial charge in [-0.2, -0.15) is 0 Å². The van der Waals surface area contributed by atoms with Crippen molar-refractivity contribution in [3.05, 3.63) is 54.0 Å². The summed E-state index contributed by atoms with van der Waals surface area (Å²) in [6, 6.07) is 12.2. The van der Waals surface area contributed by atoms with Crippen LogP contribution in [0.25, 0.3) is 0 Å². The molecule has 4 nitrogen and oxygen atoms in total. The van der Waals surface area contributed by atoms with Gasteiger partial charge in [0.25, 0.3) is 0 Å². The molecule has 1 fully saturated rings. The summed E-state index contributed by atoms with van der Waals surface area (Å²) >= 11 is 0. The van der Waals surface area contributed by atoms with Gasteiger partial charge in [0.2, 0.25) is 0 Å². The van der Waals surface area contributed by atoms with Crippen molar-refractivity contribution in [2.45, 2.75) is 31.9 Å². The fourth-order valence-corrected chi connectivity index (χ4v) is 2.39. The van der Waals surface area contributed by atoms with E-state index in [0.29, 0.717) is 12.6 Å². The molecule has 0 amide bonds. The molecule has 1 N–H and O–H groups in total. The smallest absolute Gasteiger partial charge is 0.132 e. The highest BCUT2D eigenvalue weighted by Crippen LogP contribution is 2.32. The number of nitrogens with zero attached hydrogens (tertiary/aromatic N) is 3. The summed E-state index contributed by atoms with van der Waals surface area (Å²) in [5.41, 5.74) is 0.948. The van der Waals surface area contributed by atoms with Gasteiger partial charge in [0.1, 0.15) is 11.6 Å². The molecular formula is C16H19N3O. The van der Waals surface area contributed by atoms with Crippen LogP contribution in [-0.2, 0) is 0 Å². The minimum Gasteiger partial charge on any atom is -0.387 e. The molecule has 104 valence electrons. The van der Waals surface area contributed by atoms with Crippen molar-refractivity contribution in [1.29, 1.82) is 0 Å². The molecule has 20 heavy (non-hydrogen) atoms. The highest BCUT2D eigenvalue weighted by atomic mass is 16.3. The van der Waals surface area contributed by atoms with Crippen LogP contribution in [0.3, 0.4) is 0 Å². The van der Waals surface area contributed by atoms with E-state index in [-0.39, 0.29) is 0 Å². The molecule has 1 heterocycles. The molecule has 2 aromatic rings. The summed E-state index contributed by atoms with van der Waals surface area (Å²) in [4.78, 5) is 10.8. The maximum atomic E-state index is 10.4. The number of aliphatic hydroxyl groups is 1. The Morgan fingerprint density at radius 3 is 2.65 bits per heavy atom. The molecule has 4 heteroatoms. The number of benzene rings is 1. The lowest BCUT2D eigenvalue weighted by molar-refractivity contribution is 0.182. The van der Waals surface area contributed by atoms with E-state index in [1.165, 1.54) is 12.8 Å². The summed E-state index contributed by atoms with van der Waals surface area (Å²) < 4.78 is 0. The molecule has 1 unspecified atom stereocenters. The predicted octanol–water partition coefficient (Wildman–Crippen LogP) is 2.49. The van der Waals surface area contributed by atoms with Crippen LogP contribution >= 0.6 is 0 Å². The van der Waals surface area contributed by atoms with Gasteiger partial charge < -0.3 is 10.0 Å². The topological polar surface area (TPSA) is 49.2 Å². The third-order valence-electron chi connectivity index (χ3n) is 3.60. The van der Waals surface area contributed by atoms with Gasteiger partial charge >= 0.3 is 0 Å². The Balaban J connectivity index is 1.78. The monoisotopic (exact) mass is 269 g/mol. The molecule has 0 saturated heterocycles. The van der Waals surface area contributed by atoms with Crippen LogP contribution in [0.2, 0.25) is 0 Å². The minimum atomic E-state index is -0.493. The van der Waals surface area contributed by atoms with Crippen molar-refractivity contribution in [3.63, 3.8) is 0 Å². The normalized spacial score (nSPS) is 15.9. The van der Waals surface area contributed by atoms with E-state index in [2.05, 4.69) is 14.9 Å². The van der Waals surface area contributed by atoms with Crippen LogP contribution < -0.4 is 4.90 Å². The Bertz CT molecular complexity index is 569. The first-order valence-electron chi connectivity index (χ1n) is 7.03. The van der Waals surface area contributed by atoms with Gasteiger partial charge in [-0.25, -0.2) is 9.97 Å². The number of aromatic nitrogens is 2. The van der Waals surface area contributed by atoms with Gasteiger partial charge in [-0.15, -0.1) is 0 Å². The number of anilines is 1. The van der Waals surface area contributed by atoms with E-state index < -0.39 is 6.10 Å². The molecular weight excluding hydrogens is 250 g/mol. The SMILES string of the molecule is Cc1nccc(N(CC(O)c2ccccc2)C2CC2)n1. The zero-order chi connectivity index (χ0) is 13.9. The highest BCUT2D eigenvalue weighted by Gasteiger charge is 2.31. The number of aryl methyl sites for hydroxylation is 1. The summed E-state index contributed by atoms with van der Waals surface area (Å²) in [5.74, 6) is 1.68. The molecule has 0 radical (unpaired) electrons. The van der Waals surface area contributed by atoms with Gasteiger partial charge in [0, 0.05) is 18.8 Å². The van der Waals surface area contributed by atoms with Crippen LogP contribution in [0.1, 0.15) is 30.3 Å². The Morgan fingerprint density at radius 1 is 1.25 bits per heavy atom. The molecule has 0 aliphatic heterocycles. The van der Waals surface area contributed by atoms with Crippen molar-refractivity contribution in [2.75, 3.05) is 11.4 Å². The summed E-state index contributed by atoms with van der Waals surface area (Å²) in [6.45, 7) is 2.47. The van der Waals surface area contributed by atoms with E-state index in [1.807, 2.05) is 43.3 Å². The van der Waals surface area contributed by atoms with E-state index in [4.69, 9.17) is 0 Å². The third-order valence-corrected chi connectivity index (χ3v) is 3.60. The number of hydrogen-bond donors (Lipinski definition) is 1. The zero-order valence-electron chi connectivity index (χ0n) is 11.6. The first kappa shape index (κ1) is 13.1. The molecule has 3 rings (SSSR count). The standard InChI is InChI=1S/C16H19N3O/c1-12-17-10-9-16(18-12)19(14-7-8-14)11-15(20)13-5-3-2-4-6-13/h2-6,9-10,14-15,20H,7-8,11H2,1H3. The first-order valence-corrected chi connectivity index (χ1v) is 7.03. The zero-order valence-corrected chi connectivity index (χ0v) is 11.6. The quantitative estimate of drug-likeness (QED) is 0.906. The number of aliphatic hydroxyl groups excluding tert-OH is 1. The fourth-order valence-electron chi connectivity index (χ4n) is 2.39. The van der Waals surface area contributed by atoms with Gasteiger partial charge in [0.05, 0.1) is 6.10 Å². The average molecular weight is 269 g/mol. The Kier molecular flexibility index (Phi) is 3.65. The van der Waals surface area contributed by atoms with E-state index in [9.17, 15) is 5.11 Å². The second kappa shape index (κ2) is 5.59. The van der Waals surface area contributed by atoms with E-state index in [0.717, 1.165) is 17.2 Å². The highest BCUT2D eigenvalue weighted by molar-refractivity contribution is 5.41. The van der Waals surface area contributed by atoms with Crippen LogP contribution in [-0.4, -0.2) is 27.7 Å². The Morgan fingerprint density at radius 2 is 2.00 bits per heavy atom. The van der Waals surface area contributed by atoms with Crippen molar-refractivity contribution in [3.8, 4) is 0 Å². The summed E-state index contributed by atoms with van der Waals surface area (Å²) in [7, 11) is 0. The molecule has 0 bridgehead atoms. The Hall–Kier alpha value is -1.94. The van der Waals surface area contributed by atoms with Gasteiger partial charge in [0.15, 0.2) is 0 Å². The molecule has 1 atom stereocenters. The van der Waals surface area contributed by atoms with Crippen LogP contribution in [0, 0.1) is 6.92 Å².